The standard InChI is InChI=1S/C20H28N2S2/c1-12(2)24-20-16-9-18-15(8-13(11-23-4)10-22(18)3)14-6-5-7-17(21-20)19(14)16/h5-7,12-13,15,18,21H,8-11H2,1-4H3/t13?,15-,18-/m0/s1. The van der Waals surface area contributed by atoms with Crippen molar-refractivity contribution in [3.8, 4) is 0 Å². The van der Waals surface area contributed by atoms with Crippen molar-refractivity contribution in [1.82, 2.24) is 9.88 Å². The summed E-state index contributed by atoms with van der Waals surface area (Å²) in [6, 6.07) is 7.58. The van der Waals surface area contributed by atoms with E-state index < -0.39 is 0 Å². The monoisotopic (exact) mass is 360 g/mol. The van der Waals surface area contributed by atoms with Crippen LogP contribution in [-0.4, -0.2) is 46.8 Å². The zero-order chi connectivity index (χ0) is 16.8. The molecule has 1 aromatic heterocycles. The molecule has 2 aromatic rings. The minimum atomic E-state index is 0.616. The summed E-state index contributed by atoms with van der Waals surface area (Å²) in [5.41, 5.74) is 4.53. The molecule has 1 fully saturated rings. The third-order valence-corrected chi connectivity index (χ3v) is 7.51. The zero-order valence-electron chi connectivity index (χ0n) is 15.1. The van der Waals surface area contributed by atoms with E-state index in [1.165, 1.54) is 35.7 Å². The molecule has 1 saturated heterocycles. The van der Waals surface area contributed by atoms with Crippen LogP contribution in [0.4, 0.5) is 0 Å². The Morgan fingerprint density at radius 2 is 2.17 bits per heavy atom. The molecule has 1 N–H and O–H groups in total. The molecule has 1 aromatic carbocycles. The molecular weight excluding hydrogens is 332 g/mol. The van der Waals surface area contributed by atoms with Crippen LogP contribution in [0.25, 0.3) is 10.9 Å². The summed E-state index contributed by atoms with van der Waals surface area (Å²) in [5, 5.41) is 3.57. The normalized spacial score (nSPS) is 27.0. The number of rotatable bonds is 4. The number of thioether (sulfide) groups is 2. The summed E-state index contributed by atoms with van der Waals surface area (Å²) in [6.45, 7) is 5.83. The lowest BCUT2D eigenvalue weighted by Gasteiger charge is -2.45. The number of nitrogens with zero attached hydrogens (tertiary/aromatic N) is 1. The van der Waals surface area contributed by atoms with E-state index in [0.29, 0.717) is 17.2 Å². The predicted octanol–water partition coefficient (Wildman–Crippen LogP) is 4.99. The third-order valence-electron chi connectivity index (χ3n) is 5.65. The summed E-state index contributed by atoms with van der Waals surface area (Å²) < 4.78 is 0. The average molecular weight is 361 g/mol. The van der Waals surface area contributed by atoms with Crippen molar-refractivity contribution >= 4 is 34.4 Å². The molecule has 1 aliphatic carbocycles. The van der Waals surface area contributed by atoms with E-state index in [4.69, 9.17) is 0 Å². The number of nitrogens with one attached hydrogen (secondary N) is 1. The third kappa shape index (κ3) is 2.81. The Bertz CT molecular complexity index is 737. The fourth-order valence-electron chi connectivity index (χ4n) is 4.80. The summed E-state index contributed by atoms with van der Waals surface area (Å²) >= 11 is 3.99. The number of likely N-dealkylation sites (tertiary alicyclic amines) is 1. The second-order valence-electron chi connectivity index (χ2n) is 7.74. The van der Waals surface area contributed by atoms with Gasteiger partial charge in [-0.25, -0.2) is 0 Å². The van der Waals surface area contributed by atoms with Gasteiger partial charge < -0.3 is 9.88 Å². The molecule has 0 saturated carbocycles. The van der Waals surface area contributed by atoms with Crippen LogP contribution in [0.15, 0.2) is 23.2 Å². The lowest BCUT2D eigenvalue weighted by atomic mass is 9.73. The number of piperidine rings is 1. The van der Waals surface area contributed by atoms with E-state index in [0.717, 1.165) is 5.92 Å². The first-order valence-electron chi connectivity index (χ1n) is 9.07. The second kappa shape index (κ2) is 6.62. The summed E-state index contributed by atoms with van der Waals surface area (Å²) in [5.74, 6) is 2.81. The Labute approximate surface area is 154 Å². The molecule has 0 amide bonds. The molecule has 0 spiro atoms. The predicted molar refractivity (Wildman–Crippen MR) is 109 cm³/mol. The molecular formula is C20H28N2S2. The Morgan fingerprint density at radius 1 is 1.33 bits per heavy atom. The van der Waals surface area contributed by atoms with Gasteiger partial charge in [0, 0.05) is 34.7 Å². The molecule has 0 bridgehead atoms. The number of aromatic nitrogens is 1. The van der Waals surface area contributed by atoms with E-state index in [9.17, 15) is 0 Å². The van der Waals surface area contributed by atoms with Gasteiger partial charge in [0.25, 0.3) is 0 Å². The van der Waals surface area contributed by atoms with Gasteiger partial charge in [0.2, 0.25) is 0 Å². The van der Waals surface area contributed by atoms with Gasteiger partial charge in [-0.1, -0.05) is 26.0 Å². The fourth-order valence-corrected chi connectivity index (χ4v) is 6.48. The average Bonchev–Trinajstić information content (AvgIpc) is 2.87. The van der Waals surface area contributed by atoms with Gasteiger partial charge in [0.15, 0.2) is 0 Å². The number of benzene rings is 1. The maximum Gasteiger partial charge on any atom is 0.0768 e. The SMILES string of the molecule is CSCC1C[C@H]2c3cccc4[nH]c(SC(C)C)c(c34)C[C@@H]2N(C)C1. The highest BCUT2D eigenvalue weighted by Crippen LogP contribution is 2.47. The fraction of sp³-hybridized carbons (Fsp3) is 0.600. The van der Waals surface area contributed by atoms with Crippen molar-refractivity contribution < 1.29 is 0 Å². The number of H-pyrrole nitrogens is 1. The summed E-state index contributed by atoms with van der Waals surface area (Å²) in [6.07, 6.45) is 4.80. The molecule has 2 nitrogen and oxygen atoms in total. The van der Waals surface area contributed by atoms with Gasteiger partial charge in [-0.05, 0) is 55.0 Å². The van der Waals surface area contributed by atoms with Crippen LogP contribution in [0.1, 0.15) is 37.3 Å². The number of hydrogen-bond acceptors (Lipinski definition) is 3. The molecule has 2 heterocycles. The zero-order valence-corrected chi connectivity index (χ0v) is 16.8. The van der Waals surface area contributed by atoms with Crippen LogP contribution < -0.4 is 0 Å². The van der Waals surface area contributed by atoms with Crippen molar-refractivity contribution in [2.45, 2.75) is 48.9 Å². The Kier molecular flexibility index (Phi) is 4.65. The number of aromatic amines is 1. The minimum Gasteiger partial charge on any atom is -0.349 e. The first-order valence-corrected chi connectivity index (χ1v) is 11.3. The number of likely N-dealkylation sites (N-methyl/N-ethyl adjacent to an activating group) is 1. The lowest BCUT2D eigenvalue weighted by molar-refractivity contribution is 0.121. The van der Waals surface area contributed by atoms with Crippen molar-refractivity contribution in [1.29, 1.82) is 0 Å². The first kappa shape index (κ1) is 16.9. The van der Waals surface area contributed by atoms with E-state index in [1.54, 1.807) is 16.5 Å². The Hall–Kier alpha value is -0.580. The van der Waals surface area contributed by atoms with Crippen molar-refractivity contribution in [2.24, 2.45) is 5.92 Å². The van der Waals surface area contributed by atoms with E-state index >= 15 is 0 Å². The highest BCUT2D eigenvalue weighted by molar-refractivity contribution is 7.99. The molecule has 3 atom stereocenters. The van der Waals surface area contributed by atoms with Crippen LogP contribution in [-0.2, 0) is 6.42 Å². The molecule has 1 unspecified atom stereocenters. The largest absolute Gasteiger partial charge is 0.349 e. The van der Waals surface area contributed by atoms with E-state index in [2.05, 4.69) is 55.2 Å². The van der Waals surface area contributed by atoms with Gasteiger partial charge in [-0.15, -0.1) is 11.8 Å². The summed E-state index contributed by atoms with van der Waals surface area (Å²) in [4.78, 5) is 6.37. The molecule has 24 heavy (non-hydrogen) atoms. The van der Waals surface area contributed by atoms with Crippen LogP contribution in [0.3, 0.4) is 0 Å². The quantitative estimate of drug-likeness (QED) is 0.775. The molecule has 4 heteroatoms. The second-order valence-corrected chi connectivity index (χ2v) is 10.2. The van der Waals surface area contributed by atoms with Crippen molar-refractivity contribution in [3.63, 3.8) is 0 Å². The van der Waals surface area contributed by atoms with Crippen LogP contribution in [0, 0.1) is 5.92 Å². The molecule has 1 aliphatic heterocycles. The highest BCUT2D eigenvalue weighted by atomic mass is 32.2. The van der Waals surface area contributed by atoms with Gasteiger partial charge in [-0.2, -0.15) is 11.8 Å². The molecule has 0 radical (unpaired) electrons. The smallest absolute Gasteiger partial charge is 0.0768 e. The van der Waals surface area contributed by atoms with Crippen LogP contribution >= 0.6 is 23.5 Å². The lowest BCUT2D eigenvalue weighted by Crippen LogP contribution is -2.48. The van der Waals surface area contributed by atoms with Crippen molar-refractivity contribution in [3.05, 3.63) is 29.3 Å². The van der Waals surface area contributed by atoms with Gasteiger partial charge in [-0.3, -0.25) is 0 Å². The minimum absolute atomic E-state index is 0.616. The Balaban J connectivity index is 1.79. The van der Waals surface area contributed by atoms with E-state index in [1.807, 2.05) is 23.5 Å². The van der Waals surface area contributed by atoms with Crippen LogP contribution in [0.2, 0.25) is 0 Å². The van der Waals surface area contributed by atoms with E-state index in [-0.39, 0.29) is 0 Å². The maximum atomic E-state index is 3.73. The maximum absolute atomic E-state index is 3.73. The van der Waals surface area contributed by atoms with Crippen molar-refractivity contribution in [2.75, 3.05) is 25.6 Å². The number of fused-ring (bicyclic) bond motifs is 2. The Morgan fingerprint density at radius 3 is 2.92 bits per heavy atom. The molecule has 2 aliphatic rings. The summed E-state index contributed by atoms with van der Waals surface area (Å²) in [7, 11) is 2.34. The first-order chi connectivity index (χ1) is 11.6. The molecule has 4 rings (SSSR count). The molecule has 130 valence electrons. The number of hydrogen-bond donors (Lipinski definition) is 1. The highest BCUT2D eigenvalue weighted by Gasteiger charge is 2.40. The van der Waals surface area contributed by atoms with Crippen LogP contribution in [0.5, 0.6) is 0 Å². The van der Waals surface area contributed by atoms with Gasteiger partial charge in [0.05, 0.1) is 5.03 Å². The topological polar surface area (TPSA) is 19.0 Å². The van der Waals surface area contributed by atoms with Gasteiger partial charge in [0.1, 0.15) is 0 Å². The van der Waals surface area contributed by atoms with Gasteiger partial charge >= 0.3 is 0 Å².